The van der Waals surface area contributed by atoms with Crippen molar-refractivity contribution >= 4 is 29.3 Å². The zero-order chi connectivity index (χ0) is 22.4. The normalized spacial score (nSPS) is 13.2. The van der Waals surface area contributed by atoms with E-state index in [9.17, 15) is 9.59 Å². The Morgan fingerprint density at radius 2 is 1.94 bits per heavy atom. The van der Waals surface area contributed by atoms with Crippen molar-refractivity contribution in [2.45, 2.75) is 0 Å². The lowest BCUT2D eigenvalue weighted by Crippen LogP contribution is -2.42. The molecule has 3 rings (SSSR count). The van der Waals surface area contributed by atoms with Gasteiger partial charge in [-0.1, -0.05) is 6.07 Å². The van der Waals surface area contributed by atoms with Crippen LogP contribution in [0.3, 0.4) is 0 Å². The standard InChI is InChI=1S/C23H27N3O5/c1-25(2)11-12-26-18-8-7-17(14-20(18)31-15-23(26)28)24-22(27)10-6-16-5-9-19(29-3)21(13-16)30-4/h5-10,13-14H,11-12,15H2,1-4H3,(H,24,27)/b10-6+. The fourth-order valence-corrected chi connectivity index (χ4v) is 3.14. The van der Waals surface area contributed by atoms with Crippen molar-refractivity contribution < 1.29 is 23.8 Å². The molecule has 0 radical (unpaired) electrons. The summed E-state index contributed by atoms with van der Waals surface area (Å²) in [5.41, 5.74) is 2.09. The molecule has 2 aromatic carbocycles. The topological polar surface area (TPSA) is 80.3 Å². The van der Waals surface area contributed by atoms with Crippen molar-refractivity contribution in [3.05, 3.63) is 48.0 Å². The summed E-state index contributed by atoms with van der Waals surface area (Å²) in [5.74, 6) is 1.41. The Morgan fingerprint density at radius 3 is 2.65 bits per heavy atom. The Balaban J connectivity index is 1.68. The number of amides is 2. The van der Waals surface area contributed by atoms with Gasteiger partial charge in [0.1, 0.15) is 5.75 Å². The summed E-state index contributed by atoms with van der Waals surface area (Å²) in [7, 11) is 7.05. The number of hydrogen-bond donors (Lipinski definition) is 1. The number of nitrogens with zero attached hydrogens (tertiary/aromatic N) is 2. The van der Waals surface area contributed by atoms with Crippen LogP contribution < -0.4 is 24.4 Å². The monoisotopic (exact) mass is 425 g/mol. The maximum absolute atomic E-state index is 12.4. The Kier molecular flexibility index (Phi) is 7.15. The summed E-state index contributed by atoms with van der Waals surface area (Å²) >= 11 is 0. The van der Waals surface area contributed by atoms with Crippen LogP contribution in [0.15, 0.2) is 42.5 Å². The zero-order valence-corrected chi connectivity index (χ0v) is 18.2. The maximum atomic E-state index is 12.4. The second-order valence-corrected chi connectivity index (χ2v) is 7.26. The molecule has 0 spiro atoms. The third kappa shape index (κ3) is 5.55. The number of likely N-dealkylation sites (N-methyl/N-ethyl adjacent to an activating group) is 1. The van der Waals surface area contributed by atoms with E-state index in [1.807, 2.05) is 25.1 Å². The molecule has 0 atom stereocenters. The summed E-state index contributed by atoms with van der Waals surface area (Å²) in [4.78, 5) is 28.3. The number of rotatable bonds is 8. The molecular weight excluding hydrogens is 398 g/mol. The number of ether oxygens (including phenoxy) is 3. The van der Waals surface area contributed by atoms with Gasteiger partial charge in [-0.15, -0.1) is 0 Å². The van der Waals surface area contributed by atoms with Crippen LogP contribution in [0.4, 0.5) is 11.4 Å². The van der Waals surface area contributed by atoms with Gasteiger partial charge >= 0.3 is 0 Å². The Labute approximate surface area is 182 Å². The summed E-state index contributed by atoms with van der Waals surface area (Å²) in [5, 5.41) is 2.82. The molecule has 0 bridgehead atoms. The molecule has 1 aliphatic heterocycles. The summed E-state index contributed by atoms with van der Waals surface area (Å²) in [6.07, 6.45) is 3.13. The molecule has 2 amide bonds. The molecule has 164 valence electrons. The van der Waals surface area contributed by atoms with E-state index in [0.29, 0.717) is 35.2 Å². The quantitative estimate of drug-likeness (QED) is 0.655. The minimum Gasteiger partial charge on any atom is -0.493 e. The minimum atomic E-state index is -0.286. The van der Waals surface area contributed by atoms with Gasteiger partial charge in [-0.25, -0.2) is 0 Å². The van der Waals surface area contributed by atoms with Gasteiger partial charge in [0, 0.05) is 30.9 Å². The first-order valence-electron chi connectivity index (χ1n) is 9.84. The first kappa shape index (κ1) is 22.2. The van der Waals surface area contributed by atoms with Gasteiger partial charge in [-0.05, 0) is 50.0 Å². The van der Waals surface area contributed by atoms with E-state index in [4.69, 9.17) is 14.2 Å². The molecule has 8 nitrogen and oxygen atoms in total. The molecule has 0 aliphatic carbocycles. The molecule has 8 heteroatoms. The lowest BCUT2D eigenvalue weighted by atomic mass is 10.2. The van der Waals surface area contributed by atoms with Gasteiger partial charge < -0.3 is 29.3 Å². The first-order chi connectivity index (χ1) is 14.9. The molecule has 2 aromatic rings. The number of nitrogens with one attached hydrogen (secondary N) is 1. The largest absolute Gasteiger partial charge is 0.493 e. The highest BCUT2D eigenvalue weighted by molar-refractivity contribution is 6.03. The van der Waals surface area contributed by atoms with Gasteiger partial charge in [0.25, 0.3) is 5.91 Å². The number of fused-ring (bicyclic) bond motifs is 1. The molecule has 1 aliphatic rings. The van der Waals surface area contributed by atoms with Crippen LogP contribution >= 0.6 is 0 Å². The van der Waals surface area contributed by atoms with Crippen molar-refractivity contribution in [1.29, 1.82) is 0 Å². The molecule has 1 N–H and O–H groups in total. The minimum absolute atomic E-state index is 0.0168. The van der Waals surface area contributed by atoms with Gasteiger partial charge in [0.05, 0.1) is 19.9 Å². The average Bonchev–Trinajstić information content (AvgIpc) is 2.76. The highest BCUT2D eigenvalue weighted by Gasteiger charge is 2.25. The third-order valence-electron chi connectivity index (χ3n) is 4.78. The van der Waals surface area contributed by atoms with Crippen LogP contribution in [0.1, 0.15) is 5.56 Å². The van der Waals surface area contributed by atoms with E-state index < -0.39 is 0 Å². The number of benzene rings is 2. The van der Waals surface area contributed by atoms with Crippen molar-refractivity contribution in [3.8, 4) is 17.2 Å². The number of carbonyl (C=O) groups is 2. The molecule has 0 saturated carbocycles. The van der Waals surface area contributed by atoms with E-state index in [0.717, 1.165) is 12.1 Å². The molecule has 0 aromatic heterocycles. The summed E-state index contributed by atoms with van der Waals surface area (Å²) in [6.45, 7) is 1.30. The predicted octanol–water partition coefficient (Wildman–Crippen LogP) is 2.64. The Morgan fingerprint density at radius 1 is 1.16 bits per heavy atom. The van der Waals surface area contributed by atoms with Gasteiger partial charge in [0.2, 0.25) is 5.91 Å². The highest BCUT2D eigenvalue weighted by Crippen LogP contribution is 2.34. The lowest BCUT2D eigenvalue weighted by molar-refractivity contribution is -0.121. The smallest absolute Gasteiger partial charge is 0.265 e. The number of hydrogen-bond acceptors (Lipinski definition) is 6. The van der Waals surface area contributed by atoms with Crippen molar-refractivity contribution in [2.75, 3.05) is 58.2 Å². The fourth-order valence-electron chi connectivity index (χ4n) is 3.14. The molecule has 0 saturated heterocycles. The zero-order valence-electron chi connectivity index (χ0n) is 18.2. The van der Waals surface area contributed by atoms with Crippen LogP contribution in [-0.2, 0) is 9.59 Å². The van der Waals surface area contributed by atoms with Crippen molar-refractivity contribution in [1.82, 2.24) is 4.90 Å². The SMILES string of the molecule is COc1ccc(/C=C/C(=O)Nc2ccc3c(c2)OCC(=O)N3CCN(C)C)cc1OC. The lowest BCUT2D eigenvalue weighted by Gasteiger charge is -2.30. The number of carbonyl (C=O) groups excluding carboxylic acids is 2. The van der Waals surface area contributed by atoms with E-state index in [1.54, 1.807) is 55.5 Å². The van der Waals surface area contributed by atoms with Gasteiger partial charge in [0.15, 0.2) is 18.1 Å². The van der Waals surface area contributed by atoms with E-state index in [-0.39, 0.29) is 18.4 Å². The van der Waals surface area contributed by atoms with Crippen LogP contribution in [0.5, 0.6) is 17.2 Å². The van der Waals surface area contributed by atoms with Crippen molar-refractivity contribution in [3.63, 3.8) is 0 Å². The Bertz CT molecular complexity index is 987. The fraction of sp³-hybridized carbons (Fsp3) is 0.304. The molecule has 0 unspecified atom stereocenters. The summed E-state index contributed by atoms with van der Waals surface area (Å²) < 4.78 is 16.1. The molecule has 1 heterocycles. The second-order valence-electron chi connectivity index (χ2n) is 7.26. The van der Waals surface area contributed by atoms with E-state index in [1.165, 1.54) is 6.08 Å². The van der Waals surface area contributed by atoms with Crippen LogP contribution in [0.25, 0.3) is 6.08 Å². The van der Waals surface area contributed by atoms with E-state index >= 15 is 0 Å². The number of anilines is 2. The van der Waals surface area contributed by atoms with Crippen LogP contribution in [0.2, 0.25) is 0 Å². The van der Waals surface area contributed by atoms with Crippen LogP contribution in [-0.4, -0.2) is 64.7 Å². The number of methoxy groups -OCH3 is 2. The molecule has 31 heavy (non-hydrogen) atoms. The average molecular weight is 425 g/mol. The van der Waals surface area contributed by atoms with Crippen molar-refractivity contribution in [2.24, 2.45) is 0 Å². The molecule has 0 fully saturated rings. The summed E-state index contributed by atoms with van der Waals surface area (Å²) in [6, 6.07) is 10.7. The van der Waals surface area contributed by atoms with E-state index in [2.05, 4.69) is 5.32 Å². The molecular formula is C23H27N3O5. The second kappa shape index (κ2) is 9.99. The highest BCUT2D eigenvalue weighted by atomic mass is 16.5. The third-order valence-corrected chi connectivity index (χ3v) is 4.78. The Hall–Kier alpha value is -3.52. The maximum Gasteiger partial charge on any atom is 0.265 e. The van der Waals surface area contributed by atoms with Gasteiger partial charge in [-0.3, -0.25) is 9.59 Å². The van der Waals surface area contributed by atoms with Gasteiger partial charge in [-0.2, -0.15) is 0 Å². The predicted molar refractivity (Wildman–Crippen MR) is 120 cm³/mol. The van der Waals surface area contributed by atoms with Crippen LogP contribution in [0, 0.1) is 0 Å². The first-order valence-corrected chi connectivity index (χ1v) is 9.84.